The second-order valence-electron chi connectivity index (χ2n) is 7.04. The van der Waals surface area contributed by atoms with Gasteiger partial charge in [0.15, 0.2) is 0 Å². The first-order chi connectivity index (χ1) is 13.0. The number of rotatable bonds is 6. The third kappa shape index (κ3) is 5.54. The zero-order chi connectivity index (χ0) is 19.8. The molecule has 0 atom stereocenters. The molecule has 0 bridgehead atoms. The summed E-state index contributed by atoms with van der Waals surface area (Å²) in [6.07, 6.45) is 1.70. The molecule has 146 valence electrons. The van der Waals surface area contributed by atoms with Gasteiger partial charge in [-0.15, -0.1) is 0 Å². The van der Waals surface area contributed by atoms with Gasteiger partial charge >= 0.3 is 0 Å². The zero-order valence-electron chi connectivity index (χ0n) is 16.7. The van der Waals surface area contributed by atoms with Crippen molar-refractivity contribution in [3.05, 3.63) is 29.3 Å². The van der Waals surface area contributed by atoms with E-state index < -0.39 is 0 Å². The Bertz CT molecular complexity index is 711. The second kappa shape index (κ2) is 10.1. The summed E-state index contributed by atoms with van der Waals surface area (Å²) in [5.41, 5.74) is 3.08. The van der Waals surface area contributed by atoms with Crippen LogP contribution >= 0.6 is 0 Å². The molecule has 0 unspecified atom stereocenters. The molecule has 6 heteroatoms. The molecule has 1 saturated heterocycles. The number of anilines is 1. The van der Waals surface area contributed by atoms with Gasteiger partial charge in [-0.05, 0) is 37.5 Å². The Balaban J connectivity index is 2.09. The summed E-state index contributed by atoms with van der Waals surface area (Å²) >= 11 is 0. The van der Waals surface area contributed by atoms with Gasteiger partial charge in [0.1, 0.15) is 0 Å². The van der Waals surface area contributed by atoms with Crippen LogP contribution in [0.3, 0.4) is 0 Å². The lowest BCUT2D eigenvalue weighted by molar-refractivity contribution is -0.130. The number of hydrogen-bond donors (Lipinski definition) is 0. The number of aryl methyl sites for hydroxylation is 1. The Morgan fingerprint density at radius 1 is 1.19 bits per heavy atom. The van der Waals surface area contributed by atoms with E-state index in [9.17, 15) is 9.59 Å². The highest BCUT2D eigenvalue weighted by Crippen LogP contribution is 2.23. The quantitative estimate of drug-likeness (QED) is 0.772. The smallest absolute Gasteiger partial charge is 0.241 e. The van der Waals surface area contributed by atoms with E-state index in [4.69, 9.17) is 5.26 Å². The predicted molar refractivity (Wildman–Crippen MR) is 106 cm³/mol. The fourth-order valence-electron chi connectivity index (χ4n) is 3.45. The van der Waals surface area contributed by atoms with E-state index in [-0.39, 0.29) is 11.8 Å². The molecular formula is C21H30N4O2. The van der Waals surface area contributed by atoms with Gasteiger partial charge in [-0.25, -0.2) is 0 Å². The van der Waals surface area contributed by atoms with Crippen molar-refractivity contribution in [2.75, 3.05) is 44.2 Å². The van der Waals surface area contributed by atoms with Gasteiger partial charge in [-0.1, -0.05) is 19.1 Å². The Morgan fingerprint density at radius 2 is 1.96 bits per heavy atom. The van der Waals surface area contributed by atoms with Crippen LogP contribution in [0.1, 0.15) is 37.3 Å². The Morgan fingerprint density at radius 3 is 2.67 bits per heavy atom. The summed E-state index contributed by atoms with van der Waals surface area (Å²) in [6.45, 7) is 9.56. The molecule has 1 heterocycles. The summed E-state index contributed by atoms with van der Waals surface area (Å²) in [6, 6.07) is 8.07. The van der Waals surface area contributed by atoms with Crippen LogP contribution in [0.5, 0.6) is 0 Å². The molecule has 1 aliphatic heterocycles. The van der Waals surface area contributed by atoms with E-state index in [0.717, 1.165) is 36.3 Å². The largest absolute Gasteiger partial charge is 0.341 e. The first-order valence-corrected chi connectivity index (χ1v) is 9.71. The number of benzene rings is 1. The normalized spacial score (nSPS) is 15.1. The lowest BCUT2D eigenvalue weighted by atomic mass is 10.1. The number of nitriles is 1. The highest BCUT2D eigenvalue weighted by Gasteiger charge is 2.23. The van der Waals surface area contributed by atoms with Gasteiger partial charge in [-0.2, -0.15) is 5.26 Å². The third-order valence-electron chi connectivity index (χ3n) is 5.22. The SMILES string of the molecule is CCC(=O)N1CCCN(CC(=O)N(CCC#N)c2cccc(C)c2C)CC1. The van der Waals surface area contributed by atoms with Gasteiger partial charge < -0.3 is 9.80 Å². The van der Waals surface area contributed by atoms with E-state index in [2.05, 4.69) is 11.0 Å². The minimum atomic E-state index is 0.00854. The first-order valence-electron chi connectivity index (χ1n) is 9.71. The molecule has 0 radical (unpaired) electrons. The lowest BCUT2D eigenvalue weighted by Crippen LogP contribution is -2.43. The number of nitrogens with zero attached hydrogens (tertiary/aromatic N) is 4. The second-order valence-corrected chi connectivity index (χ2v) is 7.04. The standard InChI is InChI=1S/C21H30N4O2/c1-4-20(26)24-12-7-11-23(14-15-24)16-21(27)25(13-6-10-22)19-9-5-8-17(2)18(19)3/h5,8-9H,4,6-7,11-16H2,1-3H3. The molecule has 1 aromatic rings. The van der Waals surface area contributed by atoms with Crippen LogP contribution in [0, 0.1) is 25.2 Å². The molecule has 2 rings (SSSR count). The van der Waals surface area contributed by atoms with Crippen molar-refractivity contribution in [1.82, 2.24) is 9.80 Å². The molecule has 0 aliphatic carbocycles. The van der Waals surface area contributed by atoms with Crippen LogP contribution in [0.25, 0.3) is 0 Å². The van der Waals surface area contributed by atoms with Crippen LogP contribution in [0.4, 0.5) is 5.69 Å². The molecule has 6 nitrogen and oxygen atoms in total. The highest BCUT2D eigenvalue weighted by molar-refractivity contribution is 5.95. The average Bonchev–Trinajstić information content (AvgIpc) is 2.90. The Kier molecular flexibility index (Phi) is 7.81. The summed E-state index contributed by atoms with van der Waals surface area (Å²) in [5.74, 6) is 0.184. The lowest BCUT2D eigenvalue weighted by Gasteiger charge is -2.28. The molecule has 0 saturated carbocycles. The molecule has 1 fully saturated rings. The number of hydrogen-bond acceptors (Lipinski definition) is 4. The molecule has 2 amide bonds. The van der Waals surface area contributed by atoms with Gasteiger partial charge in [0.25, 0.3) is 0 Å². The van der Waals surface area contributed by atoms with Crippen molar-refractivity contribution >= 4 is 17.5 Å². The maximum Gasteiger partial charge on any atom is 0.241 e. The van der Waals surface area contributed by atoms with E-state index in [0.29, 0.717) is 39.0 Å². The maximum atomic E-state index is 13.1. The van der Waals surface area contributed by atoms with Crippen molar-refractivity contribution in [3.8, 4) is 6.07 Å². The molecule has 0 aromatic heterocycles. The number of carbonyl (C=O) groups is 2. The van der Waals surface area contributed by atoms with Gasteiger partial charge in [0.05, 0.1) is 19.0 Å². The summed E-state index contributed by atoms with van der Waals surface area (Å²) < 4.78 is 0. The van der Waals surface area contributed by atoms with Crippen LogP contribution in [0.2, 0.25) is 0 Å². The average molecular weight is 370 g/mol. The van der Waals surface area contributed by atoms with Gasteiger partial charge in [0, 0.05) is 44.8 Å². The molecule has 0 N–H and O–H groups in total. The van der Waals surface area contributed by atoms with Crippen LogP contribution in [-0.2, 0) is 9.59 Å². The monoisotopic (exact) mass is 370 g/mol. The molecule has 1 aromatic carbocycles. The van der Waals surface area contributed by atoms with E-state index >= 15 is 0 Å². The molecular weight excluding hydrogens is 340 g/mol. The third-order valence-corrected chi connectivity index (χ3v) is 5.22. The van der Waals surface area contributed by atoms with Crippen molar-refractivity contribution in [2.24, 2.45) is 0 Å². The van der Waals surface area contributed by atoms with Crippen LogP contribution < -0.4 is 4.90 Å². The molecule has 27 heavy (non-hydrogen) atoms. The van der Waals surface area contributed by atoms with E-state index in [1.165, 1.54) is 0 Å². The van der Waals surface area contributed by atoms with Crippen molar-refractivity contribution in [3.63, 3.8) is 0 Å². The number of amides is 2. The fraction of sp³-hybridized carbons (Fsp3) is 0.571. The predicted octanol–water partition coefficient (Wildman–Crippen LogP) is 2.49. The molecule has 0 spiro atoms. The Hall–Kier alpha value is -2.39. The maximum absolute atomic E-state index is 13.1. The van der Waals surface area contributed by atoms with Crippen LogP contribution in [0.15, 0.2) is 18.2 Å². The van der Waals surface area contributed by atoms with E-state index in [1.54, 1.807) is 4.90 Å². The minimum absolute atomic E-state index is 0.00854. The zero-order valence-corrected chi connectivity index (χ0v) is 16.7. The summed E-state index contributed by atoms with van der Waals surface area (Å²) in [7, 11) is 0. The van der Waals surface area contributed by atoms with Gasteiger partial charge in [0.2, 0.25) is 11.8 Å². The topological polar surface area (TPSA) is 67.7 Å². The first kappa shape index (κ1) is 20.9. The van der Waals surface area contributed by atoms with E-state index in [1.807, 2.05) is 43.9 Å². The van der Waals surface area contributed by atoms with Gasteiger partial charge in [-0.3, -0.25) is 14.5 Å². The highest BCUT2D eigenvalue weighted by atomic mass is 16.2. The van der Waals surface area contributed by atoms with Crippen molar-refractivity contribution < 1.29 is 9.59 Å². The van der Waals surface area contributed by atoms with Crippen LogP contribution in [-0.4, -0.2) is 60.9 Å². The minimum Gasteiger partial charge on any atom is -0.341 e. The molecule has 1 aliphatic rings. The number of carbonyl (C=O) groups excluding carboxylic acids is 2. The van der Waals surface area contributed by atoms with Crippen molar-refractivity contribution in [1.29, 1.82) is 5.26 Å². The fourth-order valence-corrected chi connectivity index (χ4v) is 3.45. The Labute approximate surface area is 162 Å². The summed E-state index contributed by atoms with van der Waals surface area (Å²) in [5, 5.41) is 9.00. The van der Waals surface area contributed by atoms with Crippen molar-refractivity contribution in [2.45, 2.75) is 40.0 Å². The summed E-state index contributed by atoms with van der Waals surface area (Å²) in [4.78, 5) is 30.7.